The Labute approximate surface area is 107 Å². The van der Waals surface area contributed by atoms with Gasteiger partial charge in [-0.15, -0.1) is 0 Å². The largest absolute Gasteiger partial charge is 0.481 e. The van der Waals surface area contributed by atoms with Gasteiger partial charge >= 0.3 is 5.97 Å². The Morgan fingerprint density at radius 2 is 2.17 bits per heavy atom. The number of hydrogen-bond acceptors (Lipinski definition) is 4. The molecule has 1 N–H and O–H groups in total. The van der Waals surface area contributed by atoms with Crippen LogP contribution in [-0.4, -0.2) is 35.4 Å². The Morgan fingerprint density at radius 3 is 2.67 bits per heavy atom. The first-order chi connectivity index (χ1) is 8.39. The molecule has 0 aromatic carbocycles. The summed E-state index contributed by atoms with van der Waals surface area (Å²) in [6.07, 6.45) is 2.33. The van der Waals surface area contributed by atoms with Gasteiger partial charge in [0, 0.05) is 6.42 Å². The SMILES string of the molecule is CCCCC(C(=O)O)C1CC(C=O)OC(C)(C)O1. The second-order valence-electron chi connectivity index (χ2n) is 5.17. The Hall–Kier alpha value is -0.940. The van der Waals surface area contributed by atoms with Gasteiger partial charge in [0.05, 0.1) is 12.0 Å². The lowest BCUT2D eigenvalue weighted by molar-refractivity contribution is -0.298. The molecule has 104 valence electrons. The zero-order valence-corrected chi connectivity index (χ0v) is 11.2. The number of hydrogen-bond donors (Lipinski definition) is 1. The van der Waals surface area contributed by atoms with Gasteiger partial charge in [0.25, 0.3) is 0 Å². The van der Waals surface area contributed by atoms with Crippen LogP contribution in [0.5, 0.6) is 0 Å². The van der Waals surface area contributed by atoms with Crippen LogP contribution in [0.1, 0.15) is 46.5 Å². The van der Waals surface area contributed by atoms with Crippen LogP contribution in [0, 0.1) is 5.92 Å². The summed E-state index contributed by atoms with van der Waals surface area (Å²) in [6.45, 7) is 5.42. The molecule has 0 aromatic rings. The molecule has 1 saturated heterocycles. The molecule has 1 fully saturated rings. The third-order valence-electron chi connectivity index (χ3n) is 3.12. The summed E-state index contributed by atoms with van der Waals surface area (Å²) in [6, 6.07) is 0. The van der Waals surface area contributed by atoms with Crippen molar-refractivity contribution in [2.45, 2.75) is 64.4 Å². The fourth-order valence-corrected chi connectivity index (χ4v) is 2.30. The van der Waals surface area contributed by atoms with Crippen LogP contribution in [0.4, 0.5) is 0 Å². The highest BCUT2D eigenvalue weighted by Gasteiger charge is 2.41. The lowest BCUT2D eigenvalue weighted by Crippen LogP contribution is -2.49. The minimum Gasteiger partial charge on any atom is -0.481 e. The molecule has 18 heavy (non-hydrogen) atoms. The van der Waals surface area contributed by atoms with Gasteiger partial charge in [-0.1, -0.05) is 19.8 Å². The number of rotatable bonds is 6. The average molecular weight is 258 g/mol. The highest BCUT2D eigenvalue weighted by Crippen LogP contribution is 2.31. The Kier molecular flexibility index (Phi) is 5.28. The molecule has 0 bridgehead atoms. The summed E-state index contributed by atoms with van der Waals surface area (Å²) in [7, 11) is 0. The molecule has 1 heterocycles. The van der Waals surface area contributed by atoms with Gasteiger partial charge in [-0.2, -0.15) is 0 Å². The minimum atomic E-state index is -0.908. The predicted molar refractivity (Wildman–Crippen MR) is 65.2 cm³/mol. The van der Waals surface area contributed by atoms with Crippen molar-refractivity contribution in [1.29, 1.82) is 0 Å². The van der Waals surface area contributed by atoms with E-state index in [1.165, 1.54) is 0 Å². The first-order valence-corrected chi connectivity index (χ1v) is 6.43. The van der Waals surface area contributed by atoms with Crippen LogP contribution in [0.2, 0.25) is 0 Å². The normalized spacial score (nSPS) is 28.6. The van der Waals surface area contributed by atoms with Gasteiger partial charge < -0.3 is 19.4 Å². The highest BCUT2D eigenvalue weighted by atomic mass is 16.7. The predicted octanol–water partition coefficient (Wildman–Crippen LogP) is 1.99. The molecule has 0 saturated carbocycles. The summed E-state index contributed by atoms with van der Waals surface area (Å²) in [5.74, 6) is -2.35. The lowest BCUT2D eigenvalue weighted by atomic mass is 9.91. The highest BCUT2D eigenvalue weighted by molar-refractivity contribution is 5.71. The van der Waals surface area contributed by atoms with Gasteiger partial charge in [-0.3, -0.25) is 4.79 Å². The zero-order valence-electron chi connectivity index (χ0n) is 11.2. The molecule has 1 aliphatic heterocycles. The van der Waals surface area contributed by atoms with E-state index < -0.39 is 29.9 Å². The first kappa shape index (κ1) is 15.1. The summed E-state index contributed by atoms with van der Waals surface area (Å²) < 4.78 is 11.1. The number of carboxylic acid groups (broad SMARTS) is 1. The summed E-state index contributed by atoms with van der Waals surface area (Å²) in [5, 5.41) is 9.27. The quantitative estimate of drug-likeness (QED) is 0.737. The molecule has 0 spiro atoms. The van der Waals surface area contributed by atoms with Gasteiger partial charge in [-0.05, 0) is 20.3 Å². The molecule has 5 nitrogen and oxygen atoms in total. The summed E-state index contributed by atoms with van der Waals surface area (Å²) in [5.41, 5.74) is 0. The number of carboxylic acids is 1. The van der Waals surface area contributed by atoms with Gasteiger partial charge in [0.1, 0.15) is 12.4 Å². The van der Waals surface area contributed by atoms with Gasteiger partial charge in [-0.25, -0.2) is 0 Å². The first-order valence-electron chi connectivity index (χ1n) is 6.43. The van der Waals surface area contributed by atoms with E-state index in [4.69, 9.17) is 9.47 Å². The monoisotopic (exact) mass is 258 g/mol. The van der Waals surface area contributed by atoms with Crippen LogP contribution in [0.3, 0.4) is 0 Å². The van der Waals surface area contributed by atoms with Crippen molar-refractivity contribution >= 4 is 12.3 Å². The molecule has 0 aliphatic carbocycles. The molecule has 1 aliphatic rings. The van der Waals surface area contributed by atoms with Crippen molar-refractivity contribution in [2.75, 3.05) is 0 Å². The van der Waals surface area contributed by atoms with E-state index in [1.807, 2.05) is 6.92 Å². The van der Waals surface area contributed by atoms with Crippen molar-refractivity contribution in [3.63, 3.8) is 0 Å². The molecular formula is C13H22O5. The molecule has 0 amide bonds. The summed E-state index contributed by atoms with van der Waals surface area (Å²) in [4.78, 5) is 22.2. The van der Waals surface area contributed by atoms with E-state index >= 15 is 0 Å². The lowest BCUT2D eigenvalue weighted by Gasteiger charge is -2.41. The third kappa shape index (κ3) is 4.07. The van der Waals surface area contributed by atoms with Crippen molar-refractivity contribution < 1.29 is 24.2 Å². The maximum atomic E-state index is 11.3. The van der Waals surface area contributed by atoms with Crippen molar-refractivity contribution in [3.05, 3.63) is 0 Å². The second-order valence-corrected chi connectivity index (χ2v) is 5.17. The van der Waals surface area contributed by atoms with Gasteiger partial charge in [0.15, 0.2) is 5.79 Å². The van der Waals surface area contributed by atoms with E-state index in [1.54, 1.807) is 13.8 Å². The van der Waals surface area contributed by atoms with Crippen molar-refractivity contribution in [2.24, 2.45) is 5.92 Å². The smallest absolute Gasteiger partial charge is 0.309 e. The van der Waals surface area contributed by atoms with Gasteiger partial charge in [0.2, 0.25) is 0 Å². The maximum Gasteiger partial charge on any atom is 0.309 e. The van der Waals surface area contributed by atoms with E-state index in [9.17, 15) is 14.7 Å². The topological polar surface area (TPSA) is 72.8 Å². The van der Waals surface area contributed by atoms with Crippen LogP contribution < -0.4 is 0 Å². The van der Waals surface area contributed by atoms with Crippen LogP contribution in [-0.2, 0) is 19.1 Å². The van der Waals surface area contributed by atoms with E-state index in [0.29, 0.717) is 12.8 Å². The maximum absolute atomic E-state index is 11.3. The minimum absolute atomic E-state index is 0.313. The molecule has 0 radical (unpaired) electrons. The number of ether oxygens (including phenoxy) is 2. The number of aliphatic carboxylic acids is 1. The van der Waals surface area contributed by atoms with Crippen LogP contribution in [0.25, 0.3) is 0 Å². The Bertz CT molecular complexity index is 300. The molecule has 1 rings (SSSR count). The Morgan fingerprint density at radius 1 is 1.50 bits per heavy atom. The number of carbonyl (C=O) groups excluding carboxylic acids is 1. The van der Waals surface area contributed by atoms with Crippen LogP contribution >= 0.6 is 0 Å². The second kappa shape index (κ2) is 6.29. The van der Waals surface area contributed by atoms with Crippen molar-refractivity contribution in [1.82, 2.24) is 0 Å². The molecule has 5 heteroatoms. The summed E-state index contributed by atoms with van der Waals surface area (Å²) >= 11 is 0. The van der Waals surface area contributed by atoms with Crippen molar-refractivity contribution in [3.8, 4) is 0 Å². The molecule has 3 atom stereocenters. The number of carbonyl (C=O) groups is 2. The number of unbranched alkanes of at least 4 members (excludes halogenated alkanes) is 1. The van der Waals surface area contributed by atoms with E-state index in [0.717, 1.165) is 19.1 Å². The third-order valence-corrected chi connectivity index (χ3v) is 3.12. The zero-order chi connectivity index (χ0) is 13.8. The van der Waals surface area contributed by atoms with E-state index in [-0.39, 0.29) is 0 Å². The Balaban J connectivity index is 2.76. The number of aldehydes is 1. The standard InChI is InChI=1S/C13H22O5/c1-4-5-6-10(12(15)16)11-7-9(8-14)17-13(2,3)18-11/h8-11H,4-7H2,1-3H3,(H,15,16). The van der Waals surface area contributed by atoms with Crippen LogP contribution in [0.15, 0.2) is 0 Å². The average Bonchev–Trinajstić information content (AvgIpc) is 2.27. The van der Waals surface area contributed by atoms with E-state index in [2.05, 4.69) is 0 Å². The molecular weight excluding hydrogens is 236 g/mol. The molecule has 3 unspecified atom stereocenters. The molecule has 0 aromatic heterocycles. The fourth-order valence-electron chi connectivity index (χ4n) is 2.30. The fraction of sp³-hybridized carbons (Fsp3) is 0.846.